The van der Waals surface area contributed by atoms with Crippen LogP contribution in [0.1, 0.15) is 30.1 Å². The zero-order valence-corrected chi connectivity index (χ0v) is 13.7. The number of anilines is 2. The topological polar surface area (TPSA) is 102 Å². The summed E-state index contributed by atoms with van der Waals surface area (Å²) in [6.45, 7) is 4.04. The van der Waals surface area contributed by atoms with E-state index in [0.29, 0.717) is 17.2 Å². The van der Waals surface area contributed by atoms with Gasteiger partial charge in [0.2, 0.25) is 5.71 Å². The number of nitrogens with one attached hydrogen (secondary N) is 1. The number of hydrogen-bond acceptors (Lipinski definition) is 7. The van der Waals surface area contributed by atoms with Gasteiger partial charge < -0.3 is 9.64 Å². The molecule has 1 fully saturated rings. The van der Waals surface area contributed by atoms with Crippen molar-refractivity contribution >= 4 is 23.1 Å². The molecule has 1 aromatic rings. The Morgan fingerprint density at radius 2 is 2.00 bits per heavy atom. The molecule has 2 rings (SSSR count). The molecule has 0 atom stereocenters. The average Bonchev–Trinajstić information content (AvgIpc) is 2.62. The van der Waals surface area contributed by atoms with E-state index in [4.69, 9.17) is 15.3 Å². The van der Waals surface area contributed by atoms with Gasteiger partial charge in [-0.05, 0) is 37.0 Å². The van der Waals surface area contributed by atoms with Gasteiger partial charge in [0.05, 0.1) is 24.0 Å². The Morgan fingerprint density at radius 1 is 1.33 bits per heavy atom. The first kappa shape index (κ1) is 17.3. The molecule has 1 aliphatic rings. The summed E-state index contributed by atoms with van der Waals surface area (Å²) in [6.07, 6.45) is 2.17. The molecule has 0 bridgehead atoms. The lowest BCUT2D eigenvalue weighted by Gasteiger charge is -2.33. The highest BCUT2D eigenvalue weighted by Gasteiger charge is 2.19. The van der Waals surface area contributed by atoms with E-state index < -0.39 is 5.97 Å². The average molecular weight is 325 g/mol. The molecule has 24 heavy (non-hydrogen) atoms. The number of esters is 1. The maximum atomic E-state index is 11.7. The highest BCUT2D eigenvalue weighted by atomic mass is 16.5. The molecule has 0 radical (unpaired) electrons. The standard InChI is InChI=1S/C17H19N5O2/c1-12-5-7-22(8-6-12)16-4-3-13(17(23)24-2)9-15(16)21-20-14(10-18)11-19/h3-4,9,12,21H,5-8H2,1-2H3. The second kappa shape index (κ2) is 7.98. The van der Waals surface area contributed by atoms with E-state index in [0.717, 1.165) is 31.6 Å². The van der Waals surface area contributed by atoms with Crippen LogP contribution in [0.5, 0.6) is 0 Å². The Bertz CT molecular complexity index is 705. The largest absolute Gasteiger partial charge is 0.465 e. The molecule has 1 N–H and O–H groups in total. The van der Waals surface area contributed by atoms with Crippen molar-refractivity contribution in [3.63, 3.8) is 0 Å². The van der Waals surface area contributed by atoms with E-state index in [2.05, 4.69) is 22.4 Å². The molecule has 0 saturated carbocycles. The fourth-order valence-corrected chi connectivity index (χ4v) is 2.59. The van der Waals surface area contributed by atoms with Crippen LogP contribution in [-0.2, 0) is 4.74 Å². The molecule has 7 heteroatoms. The van der Waals surface area contributed by atoms with Crippen molar-refractivity contribution in [1.82, 2.24) is 0 Å². The van der Waals surface area contributed by atoms with Crippen LogP contribution in [0.25, 0.3) is 0 Å². The first-order valence-electron chi connectivity index (χ1n) is 7.70. The van der Waals surface area contributed by atoms with Crippen molar-refractivity contribution in [3.05, 3.63) is 23.8 Å². The number of methoxy groups -OCH3 is 1. The van der Waals surface area contributed by atoms with Crippen LogP contribution in [0.3, 0.4) is 0 Å². The molecule has 1 aromatic carbocycles. The summed E-state index contributed by atoms with van der Waals surface area (Å²) in [5.74, 6) is 0.232. The molecule has 1 saturated heterocycles. The molecule has 7 nitrogen and oxygen atoms in total. The minimum absolute atomic E-state index is 0.281. The predicted octanol–water partition coefficient (Wildman–Crippen LogP) is 2.52. The number of rotatable bonds is 4. The minimum Gasteiger partial charge on any atom is -0.465 e. The summed E-state index contributed by atoms with van der Waals surface area (Å²) in [4.78, 5) is 13.9. The molecular weight excluding hydrogens is 306 g/mol. The summed E-state index contributed by atoms with van der Waals surface area (Å²) in [5.41, 5.74) is 4.28. The zero-order valence-electron chi connectivity index (χ0n) is 13.7. The number of carbonyl (C=O) groups is 1. The summed E-state index contributed by atoms with van der Waals surface area (Å²) in [6, 6.07) is 8.54. The van der Waals surface area contributed by atoms with Gasteiger partial charge in [0.1, 0.15) is 12.1 Å². The third kappa shape index (κ3) is 4.02. The number of ether oxygens (including phenoxy) is 1. The summed E-state index contributed by atoms with van der Waals surface area (Å²) < 4.78 is 4.74. The fourth-order valence-electron chi connectivity index (χ4n) is 2.59. The van der Waals surface area contributed by atoms with Crippen LogP contribution in [-0.4, -0.2) is 31.9 Å². The Hall–Kier alpha value is -3.06. The van der Waals surface area contributed by atoms with Gasteiger partial charge in [-0.1, -0.05) is 6.92 Å². The van der Waals surface area contributed by atoms with Crippen LogP contribution < -0.4 is 10.3 Å². The predicted molar refractivity (Wildman–Crippen MR) is 90.7 cm³/mol. The maximum Gasteiger partial charge on any atom is 0.337 e. The van der Waals surface area contributed by atoms with E-state index in [-0.39, 0.29) is 5.71 Å². The molecule has 1 heterocycles. The second-order valence-electron chi connectivity index (χ2n) is 5.69. The lowest BCUT2D eigenvalue weighted by Crippen LogP contribution is -2.33. The SMILES string of the molecule is COC(=O)c1ccc(N2CCC(C)CC2)c(NN=C(C#N)C#N)c1. The van der Waals surface area contributed by atoms with Gasteiger partial charge in [-0.15, -0.1) is 0 Å². The minimum atomic E-state index is -0.457. The molecular formula is C17H19N5O2. The van der Waals surface area contributed by atoms with Gasteiger partial charge >= 0.3 is 5.97 Å². The Morgan fingerprint density at radius 3 is 2.58 bits per heavy atom. The number of nitriles is 2. The molecule has 1 aliphatic heterocycles. The van der Waals surface area contributed by atoms with Crippen LogP contribution >= 0.6 is 0 Å². The van der Waals surface area contributed by atoms with Gasteiger partial charge in [-0.3, -0.25) is 5.43 Å². The summed E-state index contributed by atoms with van der Waals surface area (Å²) >= 11 is 0. The van der Waals surface area contributed by atoms with E-state index in [1.807, 2.05) is 6.07 Å². The normalized spacial score (nSPS) is 14.2. The monoisotopic (exact) mass is 325 g/mol. The number of piperidine rings is 1. The van der Waals surface area contributed by atoms with Crippen molar-refractivity contribution in [1.29, 1.82) is 10.5 Å². The first-order valence-corrected chi connectivity index (χ1v) is 7.70. The van der Waals surface area contributed by atoms with Crippen LogP contribution in [0.2, 0.25) is 0 Å². The second-order valence-corrected chi connectivity index (χ2v) is 5.69. The van der Waals surface area contributed by atoms with Crippen molar-refractivity contribution in [2.45, 2.75) is 19.8 Å². The molecule has 0 amide bonds. The molecule has 124 valence electrons. The highest BCUT2D eigenvalue weighted by Crippen LogP contribution is 2.31. The lowest BCUT2D eigenvalue weighted by molar-refractivity contribution is 0.0601. The number of benzene rings is 1. The number of nitrogens with zero attached hydrogens (tertiary/aromatic N) is 4. The third-order valence-electron chi connectivity index (χ3n) is 4.04. The van der Waals surface area contributed by atoms with Gasteiger partial charge in [-0.25, -0.2) is 4.79 Å². The van der Waals surface area contributed by atoms with Crippen molar-refractivity contribution in [3.8, 4) is 12.1 Å². The van der Waals surface area contributed by atoms with Crippen molar-refractivity contribution < 1.29 is 9.53 Å². The number of hydrazone groups is 1. The number of hydrogen-bond donors (Lipinski definition) is 1. The Balaban J connectivity index is 2.35. The third-order valence-corrected chi connectivity index (χ3v) is 4.04. The summed E-state index contributed by atoms with van der Waals surface area (Å²) in [7, 11) is 1.32. The van der Waals surface area contributed by atoms with Gasteiger partial charge in [-0.2, -0.15) is 15.6 Å². The molecule has 0 spiro atoms. The maximum absolute atomic E-state index is 11.7. The van der Waals surface area contributed by atoms with E-state index in [9.17, 15) is 4.79 Å². The van der Waals surface area contributed by atoms with Crippen molar-refractivity contribution in [2.24, 2.45) is 11.0 Å². The highest BCUT2D eigenvalue weighted by molar-refractivity contribution is 6.10. The first-order chi connectivity index (χ1) is 11.6. The van der Waals surface area contributed by atoms with E-state index in [1.165, 1.54) is 7.11 Å². The molecule has 0 unspecified atom stereocenters. The zero-order chi connectivity index (χ0) is 17.5. The summed E-state index contributed by atoms with van der Waals surface area (Å²) in [5, 5.41) is 21.4. The van der Waals surface area contributed by atoms with Crippen LogP contribution in [0, 0.1) is 28.6 Å². The van der Waals surface area contributed by atoms with Gasteiger partial charge in [0, 0.05) is 13.1 Å². The Labute approximate surface area is 141 Å². The molecule has 0 aliphatic carbocycles. The van der Waals surface area contributed by atoms with Crippen LogP contribution in [0.4, 0.5) is 11.4 Å². The molecule has 0 aromatic heterocycles. The van der Waals surface area contributed by atoms with Crippen molar-refractivity contribution in [2.75, 3.05) is 30.5 Å². The van der Waals surface area contributed by atoms with Crippen LogP contribution in [0.15, 0.2) is 23.3 Å². The van der Waals surface area contributed by atoms with E-state index >= 15 is 0 Å². The quantitative estimate of drug-likeness (QED) is 0.518. The van der Waals surface area contributed by atoms with Gasteiger partial charge in [0.25, 0.3) is 0 Å². The Kier molecular flexibility index (Phi) is 5.75. The number of carbonyl (C=O) groups excluding carboxylic acids is 1. The van der Waals surface area contributed by atoms with E-state index in [1.54, 1.807) is 24.3 Å². The lowest BCUT2D eigenvalue weighted by atomic mass is 9.98. The van der Waals surface area contributed by atoms with Gasteiger partial charge in [0.15, 0.2) is 0 Å². The smallest absolute Gasteiger partial charge is 0.337 e. The fraction of sp³-hybridized carbons (Fsp3) is 0.412.